The Bertz CT molecular complexity index is 4010. The quantitative estimate of drug-likeness (QED) is 0.106. The summed E-state index contributed by atoms with van der Waals surface area (Å²) in [7, 11) is 7.80. The van der Waals surface area contributed by atoms with Crippen molar-refractivity contribution in [3.8, 4) is 35.0 Å². The topological polar surface area (TPSA) is 216 Å². The first-order valence-electron chi connectivity index (χ1n) is 28.0. The minimum atomic E-state index is -0.496. The number of fused-ring (bicyclic) bond motifs is 2. The van der Waals surface area contributed by atoms with Crippen LogP contribution in [0.25, 0.3) is 22.3 Å². The van der Waals surface area contributed by atoms with E-state index in [0.29, 0.717) is 29.5 Å². The first kappa shape index (κ1) is 63.3. The molecule has 0 spiro atoms. The van der Waals surface area contributed by atoms with Crippen molar-refractivity contribution in [1.82, 2.24) is 37.4 Å². The number of aryl methyl sites for hydroxylation is 2. The van der Waals surface area contributed by atoms with Gasteiger partial charge in [0.15, 0.2) is 22.3 Å². The maximum Gasteiger partial charge on any atom is 0.494 e. The minimum absolute atomic E-state index is 0.185. The van der Waals surface area contributed by atoms with Crippen LogP contribution in [0.2, 0.25) is 0 Å². The van der Waals surface area contributed by atoms with Crippen LogP contribution >= 0.6 is 15.9 Å². The molecule has 22 nitrogen and oxygen atoms in total. The molecule has 26 heteroatoms. The number of aromatic nitrogens is 8. The van der Waals surface area contributed by atoms with Crippen LogP contribution in [0, 0.1) is 0 Å². The summed E-state index contributed by atoms with van der Waals surface area (Å²) in [6.07, 6.45) is 0. The van der Waals surface area contributed by atoms with Gasteiger partial charge in [0.05, 0.1) is 60.9 Å². The molecule has 7 heterocycles. The second kappa shape index (κ2) is 23.5. The lowest BCUT2D eigenvalue weighted by molar-refractivity contribution is 0.00578. The molecule has 3 aliphatic rings. The average molecular weight is 1240 g/mol. The molecule has 0 N–H and O–H groups in total. The third-order valence-corrected chi connectivity index (χ3v) is 17.5. The van der Waals surface area contributed by atoms with Crippen LogP contribution in [0.1, 0.15) is 94.2 Å². The number of hydrogen-bond donors (Lipinski definition) is 0. The van der Waals surface area contributed by atoms with Gasteiger partial charge in [0.1, 0.15) is 23.0 Å². The highest BCUT2D eigenvalue weighted by Crippen LogP contribution is 2.43. The predicted octanol–water partition coefficient (Wildman–Crippen LogP) is 7.88. The van der Waals surface area contributed by atoms with Gasteiger partial charge in [-0.3, -0.25) is 37.0 Å². The number of hydrogen-bond acceptors (Lipinski definition) is 16. The van der Waals surface area contributed by atoms with Crippen molar-refractivity contribution in [3.63, 3.8) is 0 Å². The molecule has 0 bridgehead atoms. The molecule has 454 valence electrons. The fourth-order valence-electron chi connectivity index (χ4n) is 9.59. The zero-order chi connectivity index (χ0) is 62.8. The Balaban J connectivity index is 0.000000164. The molecule has 0 saturated carbocycles. The lowest BCUT2D eigenvalue weighted by atomic mass is 9.49. The predicted molar refractivity (Wildman–Crippen MR) is 333 cm³/mol. The molecule has 4 aromatic carbocycles. The summed E-state index contributed by atoms with van der Waals surface area (Å²) in [6.45, 7) is 24.8. The minimum Gasteiger partial charge on any atom is -0.497 e. The number of nitrogens with zero attached hydrogens (tertiary/aromatic N) is 8. The lowest BCUT2D eigenvalue weighted by Crippen LogP contribution is -2.41. The van der Waals surface area contributed by atoms with E-state index in [1.54, 1.807) is 61.7 Å². The standard InChI is InChI=1S/C27H31BN4O6.C21H19BrN4O4.C12H24B2O4/c1-26(2)27(3,4)38-28(37-26)18-11-13-19(14-12-18)36-24-29-22-21(23(33)31(6)25(34)30(22)5)32(24)16-17-9-8-10-20(15-17)35-7;1-24-18-17(19(27)25(2)21(24)28)26(12-13-5-4-6-16(11-13)29-3)20(23-18)30-15-9-7-14(22)8-10-15;1-9(2)10(3,4)16-13(15-9)14-17-11(5,6)12(7,8)18-14/h8-15H,16H2,1-7H3;4-11H,12H2,1-3H3;1-8H3. The molecular weight excluding hydrogens is 1170 g/mol. The molecule has 0 amide bonds. The van der Waals surface area contributed by atoms with Crippen LogP contribution in [0.3, 0.4) is 0 Å². The highest BCUT2D eigenvalue weighted by atomic mass is 79.9. The normalized spacial score (nSPS) is 17.7. The number of ether oxygens (including phenoxy) is 4. The molecule has 0 unspecified atom stereocenters. The van der Waals surface area contributed by atoms with E-state index < -0.39 is 54.8 Å². The fourth-order valence-corrected chi connectivity index (χ4v) is 9.86. The van der Waals surface area contributed by atoms with E-state index in [2.05, 4.69) is 25.9 Å². The van der Waals surface area contributed by atoms with E-state index in [1.807, 2.05) is 156 Å². The number of benzene rings is 4. The van der Waals surface area contributed by atoms with Gasteiger partial charge in [0.25, 0.3) is 11.1 Å². The molecule has 4 aromatic heterocycles. The van der Waals surface area contributed by atoms with E-state index in [4.69, 9.17) is 46.9 Å². The fraction of sp³-hybridized carbons (Fsp3) is 0.433. The van der Waals surface area contributed by atoms with Crippen LogP contribution in [0.15, 0.2) is 121 Å². The van der Waals surface area contributed by atoms with Crippen molar-refractivity contribution in [3.05, 3.63) is 154 Å². The van der Waals surface area contributed by atoms with Crippen molar-refractivity contribution >= 4 is 64.9 Å². The molecule has 0 atom stereocenters. The molecule has 8 aromatic rings. The lowest BCUT2D eigenvalue weighted by Gasteiger charge is -2.32. The first-order valence-corrected chi connectivity index (χ1v) is 28.8. The van der Waals surface area contributed by atoms with Gasteiger partial charge in [0.2, 0.25) is 0 Å². The average Bonchev–Trinajstić information content (AvgIpc) is 1.68. The molecule has 3 fully saturated rings. The van der Waals surface area contributed by atoms with E-state index in [0.717, 1.165) is 30.2 Å². The Hall–Kier alpha value is -7.19. The summed E-state index contributed by atoms with van der Waals surface area (Å²) in [5.41, 5.74) is -0.453. The SMILES string of the molecule is CC1(C)OB(B2OC(C)(C)C(C)(C)O2)OC1(C)C.COc1cccc(Cn2c(Oc3ccc(B4OC(C)(C)C(C)(C)O4)cc3)nc3c2c(=O)n(C)c(=O)n3C)c1.COc1cccc(Cn2c(Oc3ccc(Br)cc3)nc3c2c(=O)n(C)c(=O)n3C)c1. The van der Waals surface area contributed by atoms with Gasteiger partial charge in [-0.1, -0.05) is 52.3 Å². The second-order valence-electron chi connectivity index (χ2n) is 24.5. The van der Waals surface area contributed by atoms with E-state index >= 15 is 0 Å². The Morgan fingerprint density at radius 3 is 1.14 bits per heavy atom. The van der Waals surface area contributed by atoms with Crippen molar-refractivity contribution in [1.29, 1.82) is 0 Å². The van der Waals surface area contributed by atoms with Gasteiger partial charge in [0, 0.05) is 32.7 Å². The third kappa shape index (κ3) is 12.3. The summed E-state index contributed by atoms with van der Waals surface area (Å²) in [5.74, 6) is 2.46. The Morgan fingerprint density at radius 2 is 0.791 bits per heavy atom. The summed E-state index contributed by atoms with van der Waals surface area (Å²) in [5, 5.41) is 0. The molecule has 11 rings (SSSR count). The van der Waals surface area contributed by atoms with E-state index in [-0.39, 0.29) is 63.3 Å². The summed E-state index contributed by atoms with van der Waals surface area (Å²) >= 11 is 3.40. The van der Waals surface area contributed by atoms with Gasteiger partial charge in [-0.05, 0) is 160 Å². The van der Waals surface area contributed by atoms with E-state index in [9.17, 15) is 19.2 Å². The van der Waals surface area contributed by atoms with Crippen LogP contribution in [0.4, 0.5) is 0 Å². The van der Waals surface area contributed by atoms with Crippen LogP contribution in [0.5, 0.6) is 35.0 Å². The highest BCUT2D eigenvalue weighted by Gasteiger charge is 2.64. The second-order valence-corrected chi connectivity index (χ2v) is 25.4. The summed E-state index contributed by atoms with van der Waals surface area (Å²) < 4.78 is 68.1. The third-order valence-electron chi connectivity index (χ3n) is 17.0. The Labute approximate surface area is 508 Å². The molecular formula is C60H74B3BrN8O14. The maximum absolute atomic E-state index is 13.2. The number of imidazole rings is 2. The van der Waals surface area contributed by atoms with Crippen molar-refractivity contribution in [2.45, 2.75) is 130 Å². The van der Waals surface area contributed by atoms with Crippen LogP contribution in [-0.2, 0) is 69.2 Å². The molecule has 86 heavy (non-hydrogen) atoms. The maximum atomic E-state index is 13.2. The van der Waals surface area contributed by atoms with Gasteiger partial charge in [-0.15, -0.1) is 0 Å². The van der Waals surface area contributed by atoms with Crippen molar-refractivity contribution in [2.75, 3.05) is 14.2 Å². The molecule has 3 saturated heterocycles. The van der Waals surface area contributed by atoms with Crippen LogP contribution in [-0.4, -0.2) is 106 Å². The van der Waals surface area contributed by atoms with E-state index in [1.165, 1.54) is 23.2 Å². The summed E-state index contributed by atoms with van der Waals surface area (Å²) in [6, 6.07) is 30.0. The number of halogens is 1. The molecule has 3 aliphatic heterocycles. The monoisotopic (exact) mass is 1240 g/mol. The number of rotatable bonds is 12. The molecule has 0 radical (unpaired) electrons. The van der Waals surface area contributed by atoms with Crippen molar-refractivity contribution in [2.24, 2.45) is 28.2 Å². The van der Waals surface area contributed by atoms with Crippen molar-refractivity contribution < 1.29 is 46.9 Å². The summed E-state index contributed by atoms with van der Waals surface area (Å²) in [4.78, 5) is 60.1. The Kier molecular flexibility index (Phi) is 17.3. The van der Waals surface area contributed by atoms with Crippen LogP contribution < -0.4 is 46.9 Å². The molecule has 0 aliphatic carbocycles. The smallest absolute Gasteiger partial charge is 0.494 e. The zero-order valence-corrected chi connectivity index (χ0v) is 53.6. The zero-order valence-electron chi connectivity index (χ0n) is 52.1. The highest BCUT2D eigenvalue weighted by molar-refractivity contribution is 9.10. The largest absolute Gasteiger partial charge is 0.497 e. The van der Waals surface area contributed by atoms with Gasteiger partial charge in [-0.25, -0.2) is 9.59 Å². The van der Waals surface area contributed by atoms with Gasteiger partial charge in [-0.2, -0.15) is 9.97 Å². The Morgan fingerprint density at radius 1 is 0.453 bits per heavy atom. The van der Waals surface area contributed by atoms with Gasteiger partial charge < -0.3 is 46.9 Å². The number of methoxy groups -OCH3 is 2. The first-order chi connectivity index (χ1) is 40.2. The van der Waals surface area contributed by atoms with Gasteiger partial charge >= 0.3 is 44.5 Å².